The summed E-state index contributed by atoms with van der Waals surface area (Å²) < 4.78 is 12.4. The first-order valence-electron chi connectivity index (χ1n) is 6.93. The third kappa shape index (κ3) is 4.72. The van der Waals surface area contributed by atoms with E-state index in [2.05, 4.69) is 37.2 Å². The summed E-state index contributed by atoms with van der Waals surface area (Å²) >= 11 is 6.90. The predicted molar refractivity (Wildman–Crippen MR) is 98.4 cm³/mol. The summed E-state index contributed by atoms with van der Waals surface area (Å²) in [6.07, 6.45) is 0. The van der Waals surface area contributed by atoms with Gasteiger partial charge in [-0.1, -0.05) is 6.07 Å². The van der Waals surface area contributed by atoms with Gasteiger partial charge in [-0.15, -0.1) is 0 Å². The lowest BCUT2D eigenvalue weighted by Gasteiger charge is -2.13. The first-order valence-corrected chi connectivity index (χ1v) is 8.52. The van der Waals surface area contributed by atoms with Gasteiger partial charge < -0.3 is 14.8 Å². The van der Waals surface area contributed by atoms with E-state index < -0.39 is 0 Å². The van der Waals surface area contributed by atoms with Crippen LogP contribution in [-0.4, -0.2) is 19.6 Å². The monoisotopic (exact) mass is 441 g/mol. The number of ether oxygens (including phenoxy) is 2. The minimum absolute atomic E-state index is 0.105. The second-order valence-electron chi connectivity index (χ2n) is 5.09. The van der Waals surface area contributed by atoms with Crippen molar-refractivity contribution in [2.45, 2.75) is 13.8 Å². The van der Waals surface area contributed by atoms with Crippen molar-refractivity contribution in [3.05, 3.63) is 50.4 Å². The molecule has 6 heteroatoms. The number of halogens is 2. The maximum Gasteiger partial charge on any atom is 0.262 e. The zero-order chi connectivity index (χ0) is 17.0. The summed E-state index contributed by atoms with van der Waals surface area (Å²) in [5.74, 6) is 0.892. The lowest BCUT2D eigenvalue weighted by Crippen LogP contribution is -2.21. The molecule has 122 valence electrons. The summed E-state index contributed by atoms with van der Waals surface area (Å²) in [7, 11) is 1.57. The van der Waals surface area contributed by atoms with Crippen LogP contribution in [0.3, 0.4) is 0 Å². The Labute approximate surface area is 152 Å². The van der Waals surface area contributed by atoms with E-state index in [0.29, 0.717) is 17.2 Å². The zero-order valence-corrected chi connectivity index (χ0v) is 16.2. The first kappa shape index (κ1) is 17.8. The van der Waals surface area contributed by atoms with E-state index >= 15 is 0 Å². The molecule has 0 aromatic heterocycles. The van der Waals surface area contributed by atoms with Gasteiger partial charge in [0.05, 0.1) is 12.8 Å². The van der Waals surface area contributed by atoms with Crippen molar-refractivity contribution < 1.29 is 14.3 Å². The largest absolute Gasteiger partial charge is 0.493 e. The van der Waals surface area contributed by atoms with E-state index in [-0.39, 0.29) is 12.5 Å². The van der Waals surface area contributed by atoms with E-state index in [4.69, 9.17) is 9.47 Å². The molecule has 0 unspecified atom stereocenters. The Bertz CT molecular complexity index is 709. The summed E-state index contributed by atoms with van der Waals surface area (Å²) in [5, 5.41) is 2.83. The Hall–Kier alpha value is -1.53. The number of hydrogen-bond donors (Lipinski definition) is 1. The fourth-order valence-corrected chi connectivity index (χ4v) is 3.65. The maximum absolute atomic E-state index is 12.1. The van der Waals surface area contributed by atoms with Crippen LogP contribution < -0.4 is 14.8 Å². The normalized spacial score (nSPS) is 10.3. The van der Waals surface area contributed by atoms with Gasteiger partial charge in [0.25, 0.3) is 5.91 Å². The van der Waals surface area contributed by atoms with Crippen LogP contribution in [-0.2, 0) is 4.79 Å². The Morgan fingerprint density at radius 2 is 1.70 bits per heavy atom. The topological polar surface area (TPSA) is 47.6 Å². The highest BCUT2D eigenvalue weighted by molar-refractivity contribution is 9.11. The number of aryl methyl sites for hydroxylation is 2. The molecule has 4 nitrogen and oxygen atoms in total. The van der Waals surface area contributed by atoms with E-state index in [1.165, 1.54) is 0 Å². The predicted octanol–water partition coefficient (Wildman–Crippen LogP) is 4.85. The van der Waals surface area contributed by atoms with Crippen molar-refractivity contribution in [3.8, 4) is 11.5 Å². The highest BCUT2D eigenvalue weighted by Gasteiger charge is 2.12. The zero-order valence-electron chi connectivity index (χ0n) is 13.1. The van der Waals surface area contributed by atoms with Gasteiger partial charge in [0.1, 0.15) is 0 Å². The number of hydrogen-bond acceptors (Lipinski definition) is 3. The van der Waals surface area contributed by atoms with Crippen molar-refractivity contribution in [2.75, 3.05) is 19.0 Å². The standard InChI is InChI=1S/C17H17Br2NO3/c1-10-4-5-14(15(8-10)22-3)23-9-16(21)20-17-12(18)6-11(2)7-13(17)19/h4-8H,9H2,1-3H3,(H,20,21). The third-order valence-electron chi connectivity index (χ3n) is 3.13. The molecule has 0 heterocycles. The Balaban J connectivity index is 2.04. The number of rotatable bonds is 5. The molecule has 0 saturated carbocycles. The number of amides is 1. The van der Waals surface area contributed by atoms with Crippen LogP contribution >= 0.6 is 31.9 Å². The average molecular weight is 443 g/mol. The van der Waals surface area contributed by atoms with E-state index in [0.717, 1.165) is 20.1 Å². The molecular formula is C17H17Br2NO3. The summed E-state index contributed by atoms with van der Waals surface area (Å²) in [6.45, 7) is 3.84. The highest BCUT2D eigenvalue weighted by Crippen LogP contribution is 2.32. The SMILES string of the molecule is COc1cc(C)ccc1OCC(=O)Nc1c(Br)cc(C)cc1Br. The second kappa shape index (κ2) is 7.84. The van der Waals surface area contributed by atoms with E-state index in [1.54, 1.807) is 13.2 Å². The molecule has 2 aromatic carbocycles. The van der Waals surface area contributed by atoms with Gasteiger partial charge in [0, 0.05) is 8.95 Å². The van der Waals surface area contributed by atoms with Gasteiger partial charge in [0.15, 0.2) is 18.1 Å². The van der Waals surface area contributed by atoms with Gasteiger partial charge in [-0.05, 0) is 81.1 Å². The molecule has 0 aliphatic heterocycles. The molecule has 1 amide bonds. The lowest BCUT2D eigenvalue weighted by atomic mass is 10.2. The lowest BCUT2D eigenvalue weighted by molar-refractivity contribution is -0.118. The van der Waals surface area contributed by atoms with Crippen LogP contribution in [0.25, 0.3) is 0 Å². The molecule has 0 radical (unpaired) electrons. The molecule has 0 fully saturated rings. The number of nitrogens with one attached hydrogen (secondary N) is 1. The molecule has 2 aromatic rings. The quantitative estimate of drug-likeness (QED) is 0.719. The molecule has 2 rings (SSSR count). The van der Waals surface area contributed by atoms with Crippen LogP contribution in [0.4, 0.5) is 5.69 Å². The molecule has 0 saturated heterocycles. The Morgan fingerprint density at radius 3 is 2.30 bits per heavy atom. The van der Waals surface area contributed by atoms with Crippen LogP contribution in [0.1, 0.15) is 11.1 Å². The molecular weight excluding hydrogens is 426 g/mol. The minimum Gasteiger partial charge on any atom is -0.493 e. The molecule has 1 N–H and O–H groups in total. The van der Waals surface area contributed by atoms with Crippen LogP contribution in [0.2, 0.25) is 0 Å². The Kier molecular flexibility index (Phi) is 6.07. The fraction of sp³-hybridized carbons (Fsp3) is 0.235. The molecule has 0 aliphatic rings. The van der Waals surface area contributed by atoms with Crippen LogP contribution in [0.5, 0.6) is 11.5 Å². The first-order chi connectivity index (χ1) is 10.9. The van der Waals surface area contributed by atoms with Crippen molar-refractivity contribution in [1.29, 1.82) is 0 Å². The van der Waals surface area contributed by atoms with E-state index in [1.807, 2.05) is 38.1 Å². The highest BCUT2D eigenvalue weighted by atomic mass is 79.9. The summed E-state index contributed by atoms with van der Waals surface area (Å²) in [6, 6.07) is 9.43. The van der Waals surface area contributed by atoms with Crippen molar-refractivity contribution >= 4 is 43.5 Å². The average Bonchev–Trinajstić information content (AvgIpc) is 2.49. The number of methoxy groups -OCH3 is 1. The van der Waals surface area contributed by atoms with Gasteiger partial charge in [0.2, 0.25) is 0 Å². The van der Waals surface area contributed by atoms with Crippen LogP contribution in [0.15, 0.2) is 39.3 Å². The van der Waals surface area contributed by atoms with Gasteiger partial charge in [-0.25, -0.2) is 0 Å². The van der Waals surface area contributed by atoms with Crippen molar-refractivity contribution in [2.24, 2.45) is 0 Å². The molecule has 23 heavy (non-hydrogen) atoms. The second-order valence-corrected chi connectivity index (χ2v) is 6.80. The van der Waals surface area contributed by atoms with Gasteiger partial charge in [-0.3, -0.25) is 4.79 Å². The summed E-state index contributed by atoms with van der Waals surface area (Å²) in [4.78, 5) is 12.1. The molecule has 0 atom stereocenters. The van der Waals surface area contributed by atoms with Gasteiger partial charge in [-0.2, -0.15) is 0 Å². The van der Waals surface area contributed by atoms with Crippen molar-refractivity contribution in [1.82, 2.24) is 0 Å². The summed E-state index contributed by atoms with van der Waals surface area (Å²) in [5.41, 5.74) is 2.83. The molecule has 0 bridgehead atoms. The fourth-order valence-electron chi connectivity index (χ4n) is 2.03. The van der Waals surface area contributed by atoms with Crippen molar-refractivity contribution in [3.63, 3.8) is 0 Å². The Morgan fingerprint density at radius 1 is 1.04 bits per heavy atom. The minimum atomic E-state index is -0.252. The number of carbonyl (C=O) groups excluding carboxylic acids is 1. The maximum atomic E-state index is 12.1. The van der Waals surface area contributed by atoms with Crippen LogP contribution in [0, 0.1) is 13.8 Å². The molecule has 0 spiro atoms. The molecule has 0 aliphatic carbocycles. The number of carbonyl (C=O) groups is 1. The third-order valence-corrected chi connectivity index (χ3v) is 4.38. The number of benzene rings is 2. The smallest absolute Gasteiger partial charge is 0.262 e. The number of anilines is 1. The van der Waals surface area contributed by atoms with Gasteiger partial charge >= 0.3 is 0 Å². The van der Waals surface area contributed by atoms with E-state index in [9.17, 15) is 4.79 Å².